The van der Waals surface area contributed by atoms with Gasteiger partial charge in [0.25, 0.3) is 0 Å². The molecule has 0 aliphatic carbocycles. The summed E-state index contributed by atoms with van der Waals surface area (Å²) >= 11 is 1.75. The van der Waals surface area contributed by atoms with Crippen molar-refractivity contribution in [3.05, 3.63) is 16.1 Å². The topological polar surface area (TPSA) is 51.4 Å². The molecular formula is C15H27N3OS. The molecule has 0 bridgehead atoms. The van der Waals surface area contributed by atoms with Crippen LogP contribution in [-0.4, -0.2) is 42.2 Å². The third-order valence-corrected chi connectivity index (χ3v) is 4.95. The van der Waals surface area contributed by atoms with Crippen molar-refractivity contribution in [2.75, 3.05) is 26.2 Å². The molecule has 1 saturated heterocycles. The van der Waals surface area contributed by atoms with Gasteiger partial charge < -0.3 is 10.5 Å². The highest BCUT2D eigenvalue weighted by atomic mass is 32.1. The number of morpholine rings is 1. The SMILES string of the molecule is CCCN1CCOC(CN)C1c1csc(C(C)(C)C)n1. The fourth-order valence-corrected chi connectivity index (χ4v) is 3.60. The smallest absolute Gasteiger partial charge is 0.0982 e. The summed E-state index contributed by atoms with van der Waals surface area (Å²) in [5.74, 6) is 0. The first-order chi connectivity index (χ1) is 9.47. The standard InChI is InChI=1S/C15H27N3OS/c1-5-6-18-7-8-19-12(9-16)13(18)11-10-20-14(17-11)15(2,3)4/h10,12-13H,5-9,16H2,1-4H3. The van der Waals surface area contributed by atoms with Crippen molar-refractivity contribution in [1.29, 1.82) is 0 Å². The summed E-state index contributed by atoms with van der Waals surface area (Å²) in [6.45, 7) is 12.2. The van der Waals surface area contributed by atoms with Crippen molar-refractivity contribution in [3.8, 4) is 0 Å². The van der Waals surface area contributed by atoms with Gasteiger partial charge in [0.2, 0.25) is 0 Å². The van der Waals surface area contributed by atoms with E-state index in [4.69, 9.17) is 15.5 Å². The Morgan fingerprint density at radius 1 is 1.50 bits per heavy atom. The van der Waals surface area contributed by atoms with Crippen LogP contribution in [0.3, 0.4) is 0 Å². The monoisotopic (exact) mass is 297 g/mol. The molecule has 2 N–H and O–H groups in total. The fourth-order valence-electron chi connectivity index (χ4n) is 2.67. The molecule has 1 aromatic heterocycles. The van der Waals surface area contributed by atoms with Gasteiger partial charge in [-0.05, 0) is 13.0 Å². The highest BCUT2D eigenvalue weighted by Gasteiger charge is 2.34. The third-order valence-electron chi connectivity index (χ3n) is 3.67. The Hall–Kier alpha value is -0.490. The number of ether oxygens (including phenoxy) is 1. The first kappa shape index (κ1) is 15.9. The van der Waals surface area contributed by atoms with E-state index >= 15 is 0 Å². The maximum atomic E-state index is 5.91. The molecule has 1 aliphatic heterocycles. The van der Waals surface area contributed by atoms with Gasteiger partial charge in [-0.3, -0.25) is 4.90 Å². The Bertz CT molecular complexity index is 425. The van der Waals surface area contributed by atoms with Gasteiger partial charge in [-0.25, -0.2) is 4.98 Å². The van der Waals surface area contributed by atoms with Crippen LogP contribution in [0.1, 0.15) is 50.9 Å². The molecule has 1 aliphatic rings. The molecule has 0 spiro atoms. The molecule has 2 unspecified atom stereocenters. The lowest BCUT2D eigenvalue weighted by Gasteiger charge is -2.40. The van der Waals surface area contributed by atoms with Crippen LogP contribution in [0.25, 0.3) is 0 Å². The molecule has 0 amide bonds. The molecule has 2 heterocycles. The summed E-state index contributed by atoms with van der Waals surface area (Å²) < 4.78 is 5.86. The third kappa shape index (κ3) is 3.39. The van der Waals surface area contributed by atoms with Crippen LogP contribution in [0.4, 0.5) is 0 Å². The van der Waals surface area contributed by atoms with Gasteiger partial charge in [0, 0.05) is 23.9 Å². The van der Waals surface area contributed by atoms with Crippen molar-refractivity contribution in [2.45, 2.75) is 51.7 Å². The van der Waals surface area contributed by atoms with E-state index in [2.05, 4.69) is 38.0 Å². The van der Waals surface area contributed by atoms with E-state index < -0.39 is 0 Å². The first-order valence-corrected chi connectivity index (χ1v) is 8.37. The molecule has 2 atom stereocenters. The van der Waals surface area contributed by atoms with Gasteiger partial charge in [0.15, 0.2) is 0 Å². The van der Waals surface area contributed by atoms with Crippen LogP contribution in [-0.2, 0) is 10.2 Å². The van der Waals surface area contributed by atoms with Crippen molar-refractivity contribution in [3.63, 3.8) is 0 Å². The number of aromatic nitrogens is 1. The van der Waals surface area contributed by atoms with Gasteiger partial charge in [-0.2, -0.15) is 0 Å². The molecule has 4 nitrogen and oxygen atoms in total. The summed E-state index contributed by atoms with van der Waals surface area (Å²) in [6, 6.07) is 0.209. The Labute approximate surface area is 126 Å². The lowest BCUT2D eigenvalue weighted by atomic mass is 9.98. The van der Waals surface area contributed by atoms with Crippen molar-refractivity contribution >= 4 is 11.3 Å². The second-order valence-electron chi connectivity index (χ2n) is 6.45. The fraction of sp³-hybridized carbons (Fsp3) is 0.800. The zero-order chi connectivity index (χ0) is 14.8. The van der Waals surface area contributed by atoms with E-state index in [1.807, 2.05) is 0 Å². The largest absolute Gasteiger partial charge is 0.374 e. The van der Waals surface area contributed by atoms with E-state index in [1.54, 1.807) is 11.3 Å². The summed E-state index contributed by atoms with van der Waals surface area (Å²) in [5, 5.41) is 3.37. The maximum absolute atomic E-state index is 5.91. The number of nitrogens with zero attached hydrogens (tertiary/aromatic N) is 2. The van der Waals surface area contributed by atoms with Gasteiger partial charge in [-0.1, -0.05) is 27.7 Å². The van der Waals surface area contributed by atoms with E-state index in [1.165, 1.54) is 5.01 Å². The van der Waals surface area contributed by atoms with Crippen LogP contribution < -0.4 is 5.73 Å². The lowest BCUT2D eigenvalue weighted by Crippen LogP contribution is -2.48. The molecule has 1 fully saturated rings. The van der Waals surface area contributed by atoms with Crippen LogP contribution in [0, 0.1) is 0 Å². The number of hydrogen-bond acceptors (Lipinski definition) is 5. The number of hydrogen-bond donors (Lipinski definition) is 1. The highest BCUT2D eigenvalue weighted by molar-refractivity contribution is 7.09. The van der Waals surface area contributed by atoms with Gasteiger partial charge >= 0.3 is 0 Å². The molecule has 0 radical (unpaired) electrons. The first-order valence-electron chi connectivity index (χ1n) is 7.49. The molecule has 114 valence electrons. The van der Waals surface area contributed by atoms with Crippen molar-refractivity contribution in [2.24, 2.45) is 5.73 Å². The highest BCUT2D eigenvalue weighted by Crippen LogP contribution is 2.33. The quantitative estimate of drug-likeness (QED) is 0.928. The minimum Gasteiger partial charge on any atom is -0.374 e. The van der Waals surface area contributed by atoms with Crippen LogP contribution in [0.5, 0.6) is 0 Å². The number of thiazole rings is 1. The van der Waals surface area contributed by atoms with Crippen molar-refractivity contribution in [1.82, 2.24) is 9.88 Å². The minimum atomic E-state index is 0.0604. The second kappa shape index (κ2) is 6.52. The van der Waals surface area contributed by atoms with Gasteiger partial charge in [0.05, 0.1) is 29.5 Å². The van der Waals surface area contributed by atoms with Crippen LogP contribution in [0.2, 0.25) is 0 Å². The van der Waals surface area contributed by atoms with Crippen LogP contribution in [0.15, 0.2) is 5.38 Å². The summed E-state index contributed by atoms with van der Waals surface area (Å²) in [4.78, 5) is 7.35. The Kier molecular flexibility index (Phi) is 5.18. The van der Waals surface area contributed by atoms with E-state index in [-0.39, 0.29) is 17.6 Å². The predicted octanol–water partition coefficient (Wildman–Crippen LogP) is 2.55. The molecule has 0 saturated carbocycles. The summed E-state index contributed by atoms with van der Waals surface area (Å²) in [5.41, 5.74) is 7.14. The molecular weight excluding hydrogens is 270 g/mol. The molecule has 2 rings (SSSR count). The summed E-state index contributed by atoms with van der Waals surface area (Å²) in [7, 11) is 0. The zero-order valence-electron chi connectivity index (χ0n) is 13.1. The molecule has 5 heteroatoms. The van der Waals surface area contributed by atoms with Gasteiger partial charge in [-0.15, -0.1) is 11.3 Å². The van der Waals surface area contributed by atoms with E-state index in [0.29, 0.717) is 6.54 Å². The average Bonchev–Trinajstić information content (AvgIpc) is 2.88. The summed E-state index contributed by atoms with van der Waals surface area (Å²) in [6.07, 6.45) is 1.20. The number of rotatable bonds is 4. The van der Waals surface area contributed by atoms with Gasteiger partial charge in [0.1, 0.15) is 0 Å². The number of nitrogens with two attached hydrogens (primary N) is 1. The Balaban J connectivity index is 2.26. The molecule has 0 aromatic carbocycles. The minimum absolute atomic E-state index is 0.0604. The molecule has 20 heavy (non-hydrogen) atoms. The normalized spacial score (nSPS) is 25.1. The maximum Gasteiger partial charge on any atom is 0.0982 e. The van der Waals surface area contributed by atoms with E-state index in [0.717, 1.165) is 31.8 Å². The predicted molar refractivity (Wildman–Crippen MR) is 84.2 cm³/mol. The van der Waals surface area contributed by atoms with Crippen molar-refractivity contribution < 1.29 is 4.74 Å². The van der Waals surface area contributed by atoms with E-state index in [9.17, 15) is 0 Å². The zero-order valence-corrected chi connectivity index (χ0v) is 13.9. The van der Waals surface area contributed by atoms with Crippen LogP contribution >= 0.6 is 11.3 Å². The average molecular weight is 297 g/mol. The Morgan fingerprint density at radius 3 is 2.80 bits per heavy atom. The Morgan fingerprint density at radius 2 is 2.25 bits per heavy atom. The second-order valence-corrected chi connectivity index (χ2v) is 7.31. The lowest BCUT2D eigenvalue weighted by molar-refractivity contribution is -0.0688. The molecule has 1 aromatic rings.